The summed E-state index contributed by atoms with van der Waals surface area (Å²) >= 11 is 0. The summed E-state index contributed by atoms with van der Waals surface area (Å²) < 4.78 is 5.31. The number of aliphatic hydroxyl groups excluding tert-OH is 1. The van der Waals surface area contributed by atoms with Crippen LogP contribution in [0.1, 0.15) is 57.2 Å². The molecule has 0 amide bonds. The number of hydrogen-bond acceptors (Lipinski definition) is 5. The van der Waals surface area contributed by atoms with Crippen molar-refractivity contribution in [2.75, 3.05) is 13.2 Å². The molecule has 1 N–H and O–H groups in total. The van der Waals surface area contributed by atoms with Gasteiger partial charge in [-0.25, -0.2) is 0 Å². The molecular formula is C14H25N3O2. The number of nitrogens with zero attached hydrogens (tertiary/aromatic N) is 3. The number of aryl methyl sites for hydroxylation is 1. The van der Waals surface area contributed by atoms with E-state index in [0.717, 1.165) is 25.1 Å². The van der Waals surface area contributed by atoms with Crippen LogP contribution in [0.5, 0.6) is 0 Å². The molecule has 0 aliphatic heterocycles. The Hall–Kier alpha value is -0.940. The fraction of sp³-hybridized carbons (Fsp3) is 0.857. The quantitative estimate of drug-likeness (QED) is 0.782. The predicted octanol–water partition coefficient (Wildman–Crippen LogP) is 2.15. The first-order chi connectivity index (χ1) is 9.33. The molecule has 1 aromatic rings. The van der Waals surface area contributed by atoms with Gasteiger partial charge in [-0.3, -0.25) is 4.90 Å². The van der Waals surface area contributed by atoms with E-state index in [9.17, 15) is 5.11 Å². The lowest BCUT2D eigenvalue weighted by Gasteiger charge is -2.26. The Morgan fingerprint density at radius 1 is 1.37 bits per heavy atom. The van der Waals surface area contributed by atoms with Gasteiger partial charge in [0.25, 0.3) is 0 Å². The highest BCUT2D eigenvalue weighted by atomic mass is 16.5. The van der Waals surface area contributed by atoms with Gasteiger partial charge in [-0.1, -0.05) is 31.3 Å². The maximum atomic E-state index is 9.19. The number of aliphatic hydroxyl groups is 1. The summed E-state index contributed by atoms with van der Waals surface area (Å²) in [4.78, 5) is 6.72. The van der Waals surface area contributed by atoms with Gasteiger partial charge in [0.1, 0.15) is 0 Å². The number of aromatic nitrogens is 2. The van der Waals surface area contributed by atoms with Crippen molar-refractivity contribution in [3.63, 3.8) is 0 Å². The van der Waals surface area contributed by atoms with Crippen LogP contribution in [0, 0.1) is 0 Å². The van der Waals surface area contributed by atoms with Crippen LogP contribution in [0.2, 0.25) is 0 Å². The highest BCUT2D eigenvalue weighted by molar-refractivity contribution is 4.88. The van der Waals surface area contributed by atoms with Crippen LogP contribution < -0.4 is 0 Å². The van der Waals surface area contributed by atoms with Crippen molar-refractivity contribution in [3.05, 3.63) is 11.7 Å². The Morgan fingerprint density at radius 3 is 2.84 bits per heavy atom. The van der Waals surface area contributed by atoms with Gasteiger partial charge in [-0.05, 0) is 19.3 Å². The molecule has 5 heteroatoms. The minimum atomic E-state index is 0.188. The van der Waals surface area contributed by atoms with E-state index in [0.29, 0.717) is 25.0 Å². The van der Waals surface area contributed by atoms with Crippen molar-refractivity contribution in [2.45, 2.75) is 64.5 Å². The second-order valence-corrected chi connectivity index (χ2v) is 5.34. The van der Waals surface area contributed by atoms with Gasteiger partial charge in [-0.2, -0.15) is 4.98 Å². The summed E-state index contributed by atoms with van der Waals surface area (Å²) in [6.45, 7) is 3.71. The van der Waals surface area contributed by atoms with Gasteiger partial charge in [-0.15, -0.1) is 0 Å². The number of unbranched alkanes of at least 4 members (excludes halogenated alkanes) is 1. The third kappa shape index (κ3) is 4.28. The lowest BCUT2D eigenvalue weighted by Crippen LogP contribution is -2.35. The van der Waals surface area contributed by atoms with Crippen LogP contribution in [0.3, 0.4) is 0 Å². The first-order valence-corrected chi connectivity index (χ1v) is 7.50. The Balaban J connectivity index is 1.90. The molecule has 1 saturated carbocycles. The normalized spacial score (nSPS) is 16.6. The zero-order valence-corrected chi connectivity index (χ0v) is 11.8. The summed E-state index contributed by atoms with van der Waals surface area (Å²) in [7, 11) is 0. The lowest BCUT2D eigenvalue weighted by atomic mass is 10.2. The summed E-state index contributed by atoms with van der Waals surface area (Å²) in [5.74, 6) is 1.50. The molecule has 0 saturated heterocycles. The molecule has 1 fully saturated rings. The zero-order chi connectivity index (χ0) is 13.5. The number of hydrogen-bond donors (Lipinski definition) is 1. The van der Waals surface area contributed by atoms with E-state index in [2.05, 4.69) is 22.0 Å². The van der Waals surface area contributed by atoms with E-state index in [1.165, 1.54) is 25.7 Å². The van der Waals surface area contributed by atoms with Gasteiger partial charge in [0.2, 0.25) is 5.89 Å². The predicted molar refractivity (Wildman–Crippen MR) is 72.7 cm³/mol. The van der Waals surface area contributed by atoms with Crippen molar-refractivity contribution in [1.82, 2.24) is 15.0 Å². The first kappa shape index (κ1) is 14.5. The Labute approximate surface area is 115 Å². The van der Waals surface area contributed by atoms with E-state index >= 15 is 0 Å². The Morgan fingerprint density at radius 2 is 2.16 bits per heavy atom. The summed E-state index contributed by atoms with van der Waals surface area (Å²) in [6.07, 6.45) is 8.15. The van der Waals surface area contributed by atoms with E-state index in [4.69, 9.17) is 4.52 Å². The average molecular weight is 267 g/mol. The highest BCUT2D eigenvalue weighted by Crippen LogP contribution is 2.24. The topological polar surface area (TPSA) is 62.4 Å². The van der Waals surface area contributed by atoms with Gasteiger partial charge < -0.3 is 9.63 Å². The van der Waals surface area contributed by atoms with Crippen LogP contribution in [0.15, 0.2) is 4.52 Å². The van der Waals surface area contributed by atoms with E-state index in [1.807, 2.05) is 0 Å². The average Bonchev–Trinajstić information content (AvgIpc) is 3.07. The standard InChI is InChI=1S/C14H25N3O2/c1-2-3-8-13-15-14(19-16-13)11-17(9-10-18)12-6-4-5-7-12/h12,18H,2-11H2,1H3. The molecule has 0 atom stereocenters. The Kier molecular flexibility index (Phi) is 5.79. The second kappa shape index (κ2) is 7.60. The van der Waals surface area contributed by atoms with E-state index in [1.54, 1.807) is 0 Å². The molecule has 0 radical (unpaired) electrons. The molecule has 1 aromatic heterocycles. The molecule has 0 bridgehead atoms. The highest BCUT2D eigenvalue weighted by Gasteiger charge is 2.23. The molecule has 1 aliphatic carbocycles. The molecule has 1 aliphatic rings. The fourth-order valence-electron chi connectivity index (χ4n) is 2.75. The van der Waals surface area contributed by atoms with Gasteiger partial charge in [0.15, 0.2) is 5.82 Å². The third-order valence-electron chi connectivity index (χ3n) is 3.83. The first-order valence-electron chi connectivity index (χ1n) is 7.50. The molecule has 19 heavy (non-hydrogen) atoms. The SMILES string of the molecule is CCCCc1noc(CN(CCO)C2CCCC2)n1. The van der Waals surface area contributed by atoms with Crippen molar-refractivity contribution in [2.24, 2.45) is 0 Å². The molecular weight excluding hydrogens is 242 g/mol. The van der Waals surface area contributed by atoms with Crippen LogP contribution in [-0.2, 0) is 13.0 Å². The number of rotatable bonds is 8. The molecule has 1 heterocycles. The van der Waals surface area contributed by atoms with Gasteiger partial charge in [0.05, 0.1) is 13.2 Å². The largest absolute Gasteiger partial charge is 0.395 e. The smallest absolute Gasteiger partial charge is 0.240 e. The van der Waals surface area contributed by atoms with Gasteiger partial charge in [0, 0.05) is 19.0 Å². The maximum absolute atomic E-state index is 9.19. The van der Waals surface area contributed by atoms with E-state index < -0.39 is 0 Å². The minimum Gasteiger partial charge on any atom is -0.395 e. The monoisotopic (exact) mass is 267 g/mol. The van der Waals surface area contributed by atoms with Crippen molar-refractivity contribution < 1.29 is 9.63 Å². The molecule has 2 rings (SSSR count). The summed E-state index contributed by atoms with van der Waals surface area (Å²) in [5.41, 5.74) is 0. The molecule has 5 nitrogen and oxygen atoms in total. The Bertz CT molecular complexity index is 361. The van der Waals surface area contributed by atoms with E-state index in [-0.39, 0.29) is 6.61 Å². The zero-order valence-electron chi connectivity index (χ0n) is 11.8. The van der Waals surface area contributed by atoms with Crippen LogP contribution in [-0.4, -0.2) is 39.3 Å². The van der Waals surface area contributed by atoms with Crippen LogP contribution in [0.25, 0.3) is 0 Å². The lowest BCUT2D eigenvalue weighted by molar-refractivity contribution is 0.130. The van der Waals surface area contributed by atoms with Crippen molar-refractivity contribution in [1.29, 1.82) is 0 Å². The van der Waals surface area contributed by atoms with Crippen molar-refractivity contribution in [3.8, 4) is 0 Å². The third-order valence-corrected chi connectivity index (χ3v) is 3.83. The van der Waals surface area contributed by atoms with Gasteiger partial charge >= 0.3 is 0 Å². The maximum Gasteiger partial charge on any atom is 0.240 e. The molecule has 0 unspecified atom stereocenters. The molecule has 0 aromatic carbocycles. The fourth-order valence-corrected chi connectivity index (χ4v) is 2.75. The van der Waals surface area contributed by atoms with Crippen LogP contribution in [0.4, 0.5) is 0 Å². The molecule has 108 valence electrons. The summed E-state index contributed by atoms with van der Waals surface area (Å²) in [5, 5.41) is 13.2. The molecule has 0 spiro atoms. The van der Waals surface area contributed by atoms with Crippen molar-refractivity contribution >= 4 is 0 Å². The second-order valence-electron chi connectivity index (χ2n) is 5.34. The minimum absolute atomic E-state index is 0.188. The van der Waals surface area contributed by atoms with Crippen LogP contribution >= 0.6 is 0 Å². The summed E-state index contributed by atoms with van der Waals surface area (Å²) in [6, 6.07) is 0.568.